The summed E-state index contributed by atoms with van der Waals surface area (Å²) in [6, 6.07) is 5.72. The van der Waals surface area contributed by atoms with E-state index >= 15 is 0 Å². The molecular formula is C14H19Cl2NO. The van der Waals surface area contributed by atoms with Crippen LogP contribution in [0, 0.1) is 0 Å². The number of hydrogen-bond donors (Lipinski definition) is 2. The number of benzene rings is 1. The van der Waals surface area contributed by atoms with Crippen molar-refractivity contribution in [3.63, 3.8) is 0 Å². The van der Waals surface area contributed by atoms with Crippen molar-refractivity contribution in [3.8, 4) is 0 Å². The van der Waals surface area contributed by atoms with E-state index in [4.69, 9.17) is 23.2 Å². The fourth-order valence-corrected chi connectivity index (χ4v) is 2.99. The van der Waals surface area contributed by atoms with Gasteiger partial charge in [0.15, 0.2) is 0 Å². The van der Waals surface area contributed by atoms with E-state index in [1.807, 2.05) is 19.1 Å². The van der Waals surface area contributed by atoms with Crippen molar-refractivity contribution in [3.05, 3.63) is 33.8 Å². The van der Waals surface area contributed by atoms with Crippen LogP contribution in [0.1, 0.15) is 44.2 Å². The van der Waals surface area contributed by atoms with Crippen LogP contribution < -0.4 is 5.32 Å². The maximum atomic E-state index is 10.3. The van der Waals surface area contributed by atoms with E-state index in [0.717, 1.165) is 31.2 Å². The minimum absolute atomic E-state index is 0.0841. The smallest absolute Gasteiger partial charge is 0.0771 e. The topological polar surface area (TPSA) is 32.3 Å². The van der Waals surface area contributed by atoms with Crippen molar-refractivity contribution in [2.45, 2.75) is 44.2 Å². The van der Waals surface area contributed by atoms with E-state index in [1.54, 1.807) is 6.07 Å². The normalized spacial score (nSPS) is 20.0. The van der Waals surface area contributed by atoms with Crippen LogP contribution >= 0.6 is 23.2 Å². The van der Waals surface area contributed by atoms with Gasteiger partial charge in [0.2, 0.25) is 0 Å². The molecule has 1 aromatic carbocycles. The summed E-state index contributed by atoms with van der Waals surface area (Å²) in [5.41, 5.74) is 0.435. The van der Waals surface area contributed by atoms with Crippen LogP contribution in [0.25, 0.3) is 0 Å². The zero-order valence-electron chi connectivity index (χ0n) is 10.5. The van der Waals surface area contributed by atoms with E-state index in [2.05, 4.69) is 5.32 Å². The largest absolute Gasteiger partial charge is 0.389 e. The molecular weight excluding hydrogens is 269 g/mol. The van der Waals surface area contributed by atoms with Gasteiger partial charge >= 0.3 is 0 Å². The monoisotopic (exact) mass is 287 g/mol. The molecule has 1 fully saturated rings. The molecule has 1 aliphatic rings. The molecule has 0 spiro atoms. The second-order valence-corrected chi connectivity index (χ2v) is 5.96. The average molecular weight is 288 g/mol. The van der Waals surface area contributed by atoms with E-state index in [0.29, 0.717) is 16.6 Å². The van der Waals surface area contributed by atoms with Gasteiger partial charge in [-0.3, -0.25) is 0 Å². The zero-order chi connectivity index (χ0) is 13.2. The molecule has 2 nitrogen and oxygen atoms in total. The fourth-order valence-electron chi connectivity index (χ4n) is 2.52. The Bertz CT molecular complexity index is 416. The first kappa shape index (κ1) is 14.1. The molecule has 1 aromatic rings. The van der Waals surface area contributed by atoms with E-state index in [9.17, 15) is 5.11 Å². The van der Waals surface area contributed by atoms with Crippen LogP contribution in [-0.2, 0) is 0 Å². The Kier molecular flexibility index (Phi) is 4.54. The molecule has 2 rings (SSSR count). The summed E-state index contributed by atoms with van der Waals surface area (Å²) < 4.78 is 0. The Morgan fingerprint density at radius 1 is 1.33 bits per heavy atom. The minimum Gasteiger partial charge on any atom is -0.389 e. The van der Waals surface area contributed by atoms with E-state index < -0.39 is 5.60 Å². The van der Waals surface area contributed by atoms with Gasteiger partial charge < -0.3 is 10.4 Å². The predicted octanol–water partition coefficient (Wildman–Crippen LogP) is 3.95. The van der Waals surface area contributed by atoms with Gasteiger partial charge in [-0.05, 0) is 31.4 Å². The Balaban J connectivity index is 1.99. The minimum atomic E-state index is -0.542. The van der Waals surface area contributed by atoms with Crippen LogP contribution in [0.2, 0.25) is 10.0 Å². The molecule has 4 heteroatoms. The fraction of sp³-hybridized carbons (Fsp3) is 0.571. The lowest BCUT2D eigenvalue weighted by atomic mass is 10.0. The van der Waals surface area contributed by atoms with Crippen LogP contribution in [0.3, 0.4) is 0 Å². The van der Waals surface area contributed by atoms with Gasteiger partial charge in [0.05, 0.1) is 15.6 Å². The number of nitrogens with one attached hydrogen (secondary N) is 1. The van der Waals surface area contributed by atoms with Crippen LogP contribution in [0.4, 0.5) is 0 Å². The van der Waals surface area contributed by atoms with Crippen molar-refractivity contribution in [2.24, 2.45) is 0 Å². The lowest BCUT2D eigenvalue weighted by Gasteiger charge is -2.25. The number of aliphatic hydroxyl groups is 1. The summed E-state index contributed by atoms with van der Waals surface area (Å²) >= 11 is 12.2. The second-order valence-electron chi connectivity index (χ2n) is 5.18. The molecule has 0 amide bonds. The zero-order valence-corrected chi connectivity index (χ0v) is 12.1. The second kappa shape index (κ2) is 5.79. The molecule has 0 radical (unpaired) electrons. The Hall–Kier alpha value is -0.280. The quantitative estimate of drug-likeness (QED) is 0.879. The van der Waals surface area contributed by atoms with E-state index in [-0.39, 0.29) is 6.04 Å². The van der Waals surface area contributed by atoms with Gasteiger partial charge in [0.1, 0.15) is 0 Å². The Labute approximate surface area is 118 Å². The van der Waals surface area contributed by atoms with E-state index in [1.165, 1.54) is 0 Å². The molecule has 0 aromatic heterocycles. The van der Waals surface area contributed by atoms with Gasteiger partial charge in [0.25, 0.3) is 0 Å². The van der Waals surface area contributed by atoms with Gasteiger partial charge in [-0.15, -0.1) is 0 Å². The molecule has 1 saturated carbocycles. The third-order valence-electron chi connectivity index (χ3n) is 3.72. The molecule has 1 unspecified atom stereocenters. The summed E-state index contributed by atoms with van der Waals surface area (Å²) in [5.74, 6) is 0. The van der Waals surface area contributed by atoms with Gasteiger partial charge in [-0.2, -0.15) is 0 Å². The van der Waals surface area contributed by atoms with Crippen molar-refractivity contribution in [1.29, 1.82) is 0 Å². The standard InChI is InChI=1S/C14H19Cl2NO/c1-10(11-5-4-6-12(15)13(11)16)17-9-14(18)7-2-3-8-14/h4-6,10,17-18H,2-3,7-9H2,1H3. The summed E-state index contributed by atoms with van der Waals surface area (Å²) in [4.78, 5) is 0. The Morgan fingerprint density at radius 3 is 2.67 bits per heavy atom. The maximum absolute atomic E-state index is 10.3. The van der Waals surface area contributed by atoms with Crippen LogP contribution in [0.15, 0.2) is 18.2 Å². The van der Waals surface area contributed by atoms with Crippen LogP contribution in [0.5, 0.6) is 0 Å². The molecule has 18 heavy (non-hydrogen) atoms. The third kappa shape index (κ3) is 3.18. The summed E-state index contributed by atoms with van der Waals surface area (Å²) in [6.45, 7) is 2.65. The highest BCUT2D eigenvalue weighted by Crippen LogP contribution is 2.32. The molecule has 0 saturated heterocycles. The first-order valence-electron chi connectivity index (χ1n) is 6.41. The number of rotatable bonds is 4. The molecule has 0 bridgehead atoms. The molecule has 1 atom stereocenters. The summed E-state index contributed by atoms with van der Waals surface area (Å²) in [7, 11) is 0. The Morgan fingerprint density at radius 2 is 2.00 bits per heavy atom. The van der Waals surface area contributed by atoms with Crippen molar-refractivity contribution >= 4 is 23.2 Å². The molecule has 1 aliphatic carbocycles. The van der Waals surface area contributed by atoms with Crippen molar-refractivity contribution in [2.75, 3.05) is 6.54 Å². The highest BCUT2D eigenvalue weighted by molar-refractivity contribution is 6.42. The number of hydrogen-bond acceptors (Lipinski definition) is 2. The molecule has 0 aliphatic heterocycles. The summed E-state index contributed by atoms with van der Waals surface area (Å²) in [6.07, 6.45) is 4.00. The average Bonchev–Trinajstić information content (AvgIpc) is 2.77. The molecule has 0 heterocycles. The molecule has 2 N–H and O–H groups in total. The van der Waals surface area contributed by atoms with Crippen molar-refractivity contribution in [1.82, 2.24) is 5.32 Å². The maximum Gasteiger partial charge on any atom is 0.0771 e. The van der Waals surface area contributed by atoms with Crippen LogP contribution in [-0.4, -0.2) is 17.3 Å². The highest BCUT2D eigenvalue weighted by Gasteiger charge is 2.31. The SMILES string of the molecule is CC(NCC1(O)CCCC1)c1cccc(Cl)c1Cl. The summed E-state index contributed by atoms with van der Waals surface area (Å²) in [5, 5.41) is 14.8. The first-order chi connectivity index (χ1) is 8.52. The third-order valence-corrected chi connectivity index (χ3v) is 4.55. The lowest BCUT2D eigenvalue weighted by Crippen LogP contribution is -2.39. The van der Waals surface area contributed by atoms with Gasteiger partial charge in [-0.25, -0.2) is 0 Å². The van der Waals surface area contributed by atoms with Gasteiger partial charge in [0, 0.05) is 12.6 Å². The first-order valence-corrected chi connectivity index (χ1v) is 7.17. The number of halogens is 2. The highest BCUT2D eigenvalue weighted by atomic mass is 35.5. The van der Waals surface area contributed by atoms with Crippen molar-refractivity contribution < 1.29 is 5.11 Å². The predicted molar refractivity (Wildman–Crippen MR) is 76.3 cm³/mol. The molecule has 100 valence electrons. The van der Waals surface area contributed by atoms with Gasteiger partial charge in [-0.1, -0.05) is 48.2 Å². The lowest BCUT2D eigenvalue weighted by molar-refractivity contribution is 0.0453.